The van der Waals surface area contributed by atoms with Gasteiger partial charge in [0.25, 0.3) is 0 Å². The standard InChI is InChI=1S/C12H16Cl2N2O3S/c1-12(19-2)4-3-5-16(8-12)20(17,18)9-6-10(13)11(14)15-7-9/h6-7H,3-5,8H2,1-2H3. The molecule has 2 rings (SSSR count). The van der Waals surface area contributed by atoms with Crippen molar-refractivity contribution in [3.05, 3.63) is 22.4 Å². The Morgan fingerprint density at radius 3 is 2.75 bits per heavy atom. The lowest BCUT2D eigenvalue weighted by Crippen LogP contribution is -2.49. The first kappa shape index (κ1) is 16.0. The highest BCUT2D eigenvalue weighted by Crippen LogP contribution is 2.30. The summed E-state index contributed by atoms with van der Waals surface area (Å²) in [4.78, 5) is 3.84. The third-order valence-electron chi connectivity index (χ3n) is 3.53. The van der Waals surface area contributed by atoms with Crippen LogP contribution in [0, 0.1) is 0 Å². The summed E-state index contributed by atoms with van der Waals surface area (Å²) in [5.74, 6) is 0. The van der Waals surface area contributed by atoms with E-state index in [1.54, 1.807) is 7.11 Å². The molecule has 0 spiro atoms. The molecule has 1 saturated heterocycles. The van der Waals surface area contributed by atoms with Crippen molar-refractivity contribution < 1.29 is 13.2 Å². The van der Waals surface area contributed by atoms with Crippen molar-refractivity contribution in [1.29, 1.82) is 0 Å². The molecule has 1 aromatic rings. The minimum atomic E-state index is -3.63. The molecule has 0 bridgehead atoms. The van der Waals surface area contributed by atoms with Crippen molar-refractivity contribution >= 4 is 33.2 Å². The van der Waals surface area contributed by atoms with Crippen LogP contribution in [-0.2, 0) is 14.8 Å². The van der Waals surface area contributed by atoms with Gasteiger partial charge in [-0.1, -0.05) is 23.2 Å². The lowest BCUT2D eigenvalue weighted by Gasteiger charge is -2.38. The number of hydrogen-bond donors (Lipinski definition) is 0. The molecule has 0 N–H and O–H groups in total. The number of ether oxygens (including phenoxy) is 1. The zero-order chi connectivity index (χ0) is 15.0. The summed E-state index contributed by atoms with van der Waals surface area (Å²) in [5.41, 5.74) is -0.463. The highest BCUT2D eigenvalue weighted by Gasteiger charge is 2.37. The average molecular weight is 339 g/mol. The first-order valence-electron chi connectivity index (χ1n) is 6.15. The van der Waals surface area contributed by atoms with Gasteiger partial charge < -0.3 is 4.74 Å². The zero-order valence-corrected chi connectivity index (χ0v) is 13.6. The van der Waals surface area contributed by atoms with Crippen molar-refractivity contribution in [2.24, 2.45) is 0 Å². The lowest BCUT2D eigenvalue weighted by molar-refractivity contribution is -0.0319. The predicted molar refractivity (Wildman–Crippen MR) is 77.7 cm³/mol. The molecule has 8 heteroatoms. The second kappa shape index (κ2) is 5.77. The van der Waals surface area contributed by atoms with Crippen molar-refractivity contribution in [2.75, 3.05) is 20.2 Å². The Labute approximate surface area is 128 Å². The van der Waals surface area contributed by atoms with E-state index in [0.29, 0.717) is 13.1 Å². The van der Waals surface area contributed by atoms with Crippen LogP contribution < -0.4 is 0 Å². The molecule has 1 atom stereocenters. The van der Waals surface area contributed by atoms with Gasteiger partial charge in [0.2, 0.25) is 10.0 Å². The van der Waals surface area contributed by atoms with Gasteiger partial charge in [0.15, 0.2) is 0 Å². The van der Waals surface area contributed by atoms with E-state index in [1.807, 2.05) is 6.92 Å². The van der Waals surface area contributed by atoms with E-state index >= 15 is 0 Å². The largest absolute Gasteiger partial charge is 0.377 e. The third-order valence-corrected chi connectivity index (χ3v) is 6.02. The van der Waals surface area contributed by atoms with Crippen LogP contribution in [0.3, 0.4) is 0 Å². The zero-order valence-electron chi connectivity index (χ0n) is 11.3. The predicted octanol–water partition coefficient (Wildman–Crippen LogP) is 2.58. The Kier molecular flexibility index (Phi) is 4.61. The molecule has 5 nitrogen and oxygen atoms in total. The second-order valence-electron chi connectivity index (χ2n) is 5.04. The van der Waals surface area contributed by atoms with Gasteiger partial charge in [-0.15, -0.1) is 0 Å². The van der Waals surface area contributed by atoms with Gasteiger partial charge in [-0.3, -0.25) is 0 Å². The normalized spacial score (nSPS) is 24.8. The maximum atomic E-state index is 12.6. The Morgan fingerprint density at radius 1 is 1.45 bits per heavy atom. The van der Waals surface area contributed by atoms with Crippen LogP contribution in [-0.4, -0.2) is 43.5 Å². The Morgan fingerprint density at radius 2 is 2.15 bits per heavy atom. The van der Waals surface area contributed by atoms with E-state index in [0.717, 1.165) is 12.8 Å². The van der Waals surface area contributed by atoms with Gasteiger partial charge >= 0.3 is 0 Å². The molecule has 1 fully saturated rings. The minimum Gasteiger partial charge on any atom is -0.377 e. The maximum absolute atomic E-state index is 12.6. The molecule has 0 aromatic carbocycles. The fraction of sp³-hybridized carbons (Fsp3) is 0.583. The third kappa shape index (κ3) is 3.09. The Bertz CT molecular complexity index is 609. The van der Waals surface area contributed by atoms with Crippen molar-refractivity contribution in [3.8, 4) is 0 Å². The SMILES string of the molecule is COC1(C)CCCN(S(=O)(=O)c2cnc(Cl)c(Cl)c2)C1. The van der Waals surface area contributed by atoms with Crippen LogP contribution in [0.5, 0.6) is 0 Å². The van der Waals surface area contributed by atoms with Gasteiger partial charge in [0, 0.05) is 26.4 Å². The average Bonchev–Trinajstić information content (AvgIpc) is 2.42. The number of pyridine rings is 1. The van der Waals surface area contributed by atoms with E-state index in [-0.39, 0.29) is 15.1 Å². The molecule has 0 radical (unpaired) electrons. The van der Waals surface area contributed by atoms with E-state index in [1.165, 1.54) is 16.6 Å². The molecular formula is C12H16Cl2N2O3S. The first-order chi connectivity index (χ1) is 9.28. The topological polar surface area (TPSA) is 59.5 Å². The Balaban J connectivity index is 2.32. The van der Waals surface area contributed by atoms with Crippen LogP contribution >= 0.6 is 23.2 Å². The van der Waals surface area contributed by atoms with Gasteiger partial charge in [-0.25, -0.2) is 13.4 Å². The minimum absolute atomic E-state index is 0.0484. The molecule has 1 unspecified atom stereocenters. The fourth-order valence-electron chi connectivity index (χ4n) is 2.23. The molecule has 1 aromatic heterocycles. The first-order valence-corrected chi connectivity index (χ1v) is 8.34. The molecule has 0 saturated carbocycles. The number of sulfonamides is 1. The van der Waals surface area contributed by atoms with Crippen molar-refractivity contribution in [1.82, 2.24) is 9.29 Å². The monoisotopic (exact) mass is 338 g/mol. The molecule has 20 heavy (non-hydrogen) atoms. The van der Waals surface area contributed by atoms with E-state index < -0.39 is 15.6 Å². The lowest BCUT2D eigenvalue weighted by atomic mass is 9.96. The number of aromatic nitrogens is 1. The second-order valence-corrected chi connectivity index (χ2v) is 7.74. The van der Waals surface area contributed by atoms with Crippen molar-refractivity contribution in [2.45, 2.75) is 30.3 Å². The summed E-state index contributed by atoms with van der Waals surface area (Å²) >= 11 is 11.6. The molecule has 2 heterocycles. The van der Waals surface area contributed by atoms with Crippen LogP contribution in [0.4, 0.5) is 0 Å². The van der Waals surface area contributed by atoms with E-state index in [4.69, 9.17) is 27.9 Å². The van der Waals surface area contributed by atoms with Crippen LogP contribution in [0.15, 0.2) is 17.2 Å². The van der Waals surface area contributed by atoms with Gasteiger partial charge in [-0.05, 0) is 25.8 Å². The van der Waals surface area contributed by atoms with Crippen LogP contribution in [0.2, 0.25) is 10.2 Å². The highest BCUT2D eigenvalue weighted by molar-refractivity contribution is 7.89. The summed E-state index contributed by atoms with van der Waals surface area (Å²) in [5, 5.41) is 0.213. The van der Waals surface area contributed by atoms with E-state index in [9.17, 15) is 8.42 Å². The summed E-state index contributed by atoms with van der Waals surface area (Å²) in [6, 6.07) is 1.32. The molecule has 0 amide bonds. The fourth-order valence-corrected chi connectivity index (χ4v) is 4.12. The molecule has 1 aliphatic heterocycles. The smallest absolute Gasteiger partial charge is 0.244 e. The summed E-state index contributed by atoms with van der Waals surface area (Å²) in [6.45, 7) is 2.68. The summed E-state index contributed by atoms with van der Waals surface area (Å²) < 4.78 is 32.0. The number of methoxy groups -OCH3 is 1. The number of piperidine rings is 1. The number of nitrogens with zero attached hydrogens (tertiary/aromatic N) is 2. The van der Waals surface area contributed by atoms with E-state index in [2.05, 4.69) is 4.98 Å². The molecule has 1 aliphatic rings. The Hall–Kier alpha value is -0.400. The number of hydrogen-bond acceptors (Lipinski definition) is 4. The van der Waals surface area contributed by atoms with Crippen LogP contribution in [0.25, 0.3) is 0 Å². The van der Waals surface area contributed by atoms with Gasteiger partial charge in [0.1, 0.15) is 10.0 Å². The van der Waals surface area contributed by atoms with Gasteiger partial charge in [-0.2, -0.15) is 4.31 Å². The highest BCUT2D eigenvalue weighted by atomic mass is 35.5. The molecular weight excluding hydrogens is 323 g/mol. The molecule has 0 aliphatic carbocycles. The summed E-state index contributed by atoms with van der Waals surface area (Å²) in [6.07, 6.45) is 2.80. The van der Waals surface area contributed by atoms with Gasteiger partial charge in [0.05, 0.1) is 10.6 Å². The number of halogens is 2. The quantitative estimate of drug-likeness (QED) is 0.794. The van der Waals surface area contributed by atoms with Crippen LogP contribution in [0.1, 0.15) is 19.8 Å². The maximum Gasteiger partial charge on any atom is 0.244 e. The summed E-state index contributed by atoms with van der Waals surface area (Å²) in [7, 11) is -2.04. The number of rotatable bonds is 3. The molecule has 112 valence electrons. The van der Waals surface area contributed by atoms with Crippen molar-refractivity contribution in [3.63, 3.8) is 0 Å².